The maximum Gasteiger partial charge on any atom is 0.252 e. The largest absolute Gasteiger partial charge is 0.311 e. The molecule has 0 atom stereocenters. The summed E-state index contributed by atoms with van der Waals surface area (Å²) in [4.78, 5) is 37.0. The summed E-state index contributed by atoms with van der Waals surface area (Å²) in [5.74, 6) is 3.49. The van der Waals surface area contributed by atoms with E-state index in [9.17, 15) is 0 Å². The number of nitrogens with zero attached hydrogens (tertiary/aromatic N) is 9. The van der Waals surface area contributed by atoms with Crippen LogP contribution < -0.4 is 26.2 Å². The van der Waals surface area contributed by atoms with Crippen molar-refractivity contribution in [3.8, 4) is 107 Å². The molecule has 0 fully saturated rings. The SMILES string of the molecule is Cc1ccc(-n2c3ccc(-c4cc5c6c(c4)N(c4ccccc4)c4cc(-c7cc(C(C)(C)C)cc(C(C)(C)C)c7)ccc4B6c4ccc(-c6cc(C(C)(C)C)cc(C(C)(C)C)c6)cc4N5c4ccccc4)cc3c3cc(-c4nc(-c5ccccc5)nc(-c5ccccc5)n4)ccc32)c(-c2nc(-c3ccccc3)nc(-c3ccccc3)n2)c1. The number of benzene rings is 14. The van der Waals surface area contributed by atoms with Gasteiger partial charge in [-0.1, -0.05) is 319 Å². The van der Waals surface area contributed by atoms with Gasteiger partial charge in [0.05, 0.1) is 16.7 Å². The van der Waals surface area contributed by atoms with Gasteiger partial charge >= 0.3 is 0 Å². The van der Waals surface area contributed by atoms with Gasteiger partial charge in [0, 0.05) is 78.3 Å². The molecule has 9 nitrogen and oxygen atoms in total. The summed E-state index contributed by atoms with van der Waals surface area (Å²) in [7, 11) is 0. The summed E-state index contributed by atoms with van der Waals surface area (Å²) < 4.78 is 2.40. The van der Waals surface area contributed by atoms with E-state index in [-0.39, 0.29) is 28.4 Å². The van der Waals surface area contributed by atoms with Crippen molar-refractivity contribution < 1.29 is 0 Å². The van der Waals surface area contributed by atoms with E-state index in [1.54, 1.807) is 0 Å². The van der Waals surface area contributed by atoms with Gasteiger partial charge in [-0.15, -0.1) is 0 Å². The predicted molar refractivity (Wildman–Crippen MR) is 490 cm³/mol. The van der Waals surface area contributed by atoms with Crippen LogP contribution in [0.25, 0.3) is 129 Å². The van der Waals surface area contributed by atoms with Crippen molar-refractivity contribution in [2.75, 3.05) is 9.80 Å². The quantitative estimate of drug-likeness (QED) is 0.112. The molecule has 0 N–H and O–H groups in total. The summed E-state index contributed by atoms with van der Waals surface area (Å²) in [6, 6.07) is 118. The van der Waals surface area contributed by atoms with Crippen LogP contribution in [0.15, 0.2) is 322 Å². The maximum absolute atomic E-state index is 5.41. The van der Waals surface area contributed by atoms with Crippen molar-refractivity contribution in [2.45, 2.75) is 112 Å². The number of hydrogen-bond donors (Lipinski definition) is 0. The van der Waals surface area contributed by atoms with E-state index < -0.39 is 0 Å². The van der Waals surface area contributed by atoms with Gasteiger partial charge in [-0.25, -0.2) is 29.9 Å². The van der Waals surface area contributed by atoms with Gasteiger partial charge in [0.2, 0.25) is 0 Å². The number of hydrogen-bond acceptors (Lipinski definition) is 8. The molecule has 2 aliphatic heterocycles. The Bertz CT molecular complexity index is 6360. The Morgan fingerprint density at radius 3 is 0.923 bits per heavy atom. The molecule has 5 heterocycles. The highest BCUT2D eigenvalue weighted by Crippen LogP contribution is 2.50. The molecule has 14 aromatic carbocycles. The van der Waals surface area contributed by atoms with Crippen molar-refractivity contribution in [3.63, 3.8) is 0 Å². The Morgan fingerprint density at radius 1 is 0.239 bits per heavy atom. The lowest BCUT2D eigenvalue weighted by atomic mass is 9.33. The van der Waals surface area contributed by atoms with E-state index in [0.29, 0.717) is 34.9 Å². The van der Waals surface area contributed by atoms with E-state index in [2.05, 4.69) is 353 Å². The van der Waals surface area contributed by atoms with Gasteiger partial charge in [-0.2, -0.15) is 0 Å². The minimum Gasteiger partial charge on any atom is -0.311 e. The second kappa shape index (κ2) is 28.5. The van der Waals surface area contributed by atoms with Gasteiger partial charge in [-0.05, 0) is 192 Å². The zero-order valence-corrected chi connectivity index (χ0v) is 68.7. The van der Waals surface area contributed by atoms with Crippen molar-refractivity contribution >= 4 is 79.0 Å². The summed E-state index contributed by atoms with van der Waals surface area (Å²) >= 11 is 0. The van der Waals surface area contributed by atoms with Crippen LogP contribution in [0.2, 0.25) is 0 Å². The summed E-state index contributed by atoms with van der Waals surface area (Å²) in [5.41, 5.74) is 31.4. The maximum atomic E-state index is 5.41. The zero-order valence-electron chi connectivity index (χ0n) is 68.7. The molecule has 568 valence electrons. The molecule has 0 saturated carbocycles. The molecule has 0 unspecified atom stereocenters. The molecule has 0 radical (unpaired) electrons. The Morgan fingerprint density at radius 2 is 0.547 bits per heavy atom. The molecule has 0 spiro atoms. The number of rotatable bonds is 12. The van der Waals surface area contributed by atoms with E-state index in [1.807, 2.05) is 72.8 Å². The molecule has 0 amide bonds. The third-order valence-electron chi connectivity index (χ3n) is 23.5. The van der Waals surface area contributed by atoms with Crippen LogP contribution in [-0.2, 0) is 21.7 Å². The average molecular weight is 1510 g/mol. The lowest BCUT2D eigenvalue weighted by Gasteiger charge is -2.44. The first-order valence-electron chi connectivity index (χ1n) is 40.8. The minimum atomic E-state index is -0.172. The van der Waals surface area contributed by atoms with Crippen LogP contribution in [0.1, 0.15) is 111 Å². The molecule has 0 bridgehead atoms. The summed E-state index contributed by atoms with van der Waals surface area (Å²) in [5, 5.41) is 2.05. The van der Waals surface area contributed by atoms with Crippen LogP contribution in [0.5, 0.6) is 0 Å². The molecule has 10 heteroatoms. The molecule has 0 saturated heterocycles. The van der Waals surface area contributed by atoms with E-state index in [0.717, 1.165) is 112 Å². The molecule has 17 aromatic rings. The van der Waals surface area contributed by atoms with Crippen LogP contribution >= 0.6 is 0 Å². The van der Waals surface area contributed by atoms with Crippen molar-refractivity contribution in [2.24, 2.45) is 0 Å². The van der Waals surface area contributed by atoms with Crippen LogP contribution in [0.3, 0.4) is 0 Å². The van der Waals surface area contributed by atoms with Gasteiger partial charge in [-0.3, -0.25) is 0 Å². The zero-order chi connectivity index (χ0) is 80.4. The first-order valence-corrected chi connectivity index (χ1v) is 40.8. The fraction of sp³-hybridized carbons (Fsp3) is 0.159. The normalized spacial score (nSPS) is 12.8. The first-order chi connectivity index (χ1) is 56.4. The number of para-hydroxylation sites is 2. The first kappa shape index (κ1) is 73.7. The van der Waals surface area contributed by atoms with Crippen LogP contribution in [0, 0.1) is 6.92 Å². The molecule has 2 aliphatic rings. The minimum absolute atomic E-state index is 0.0871. The van der Waals surface area contributed by atoms with Crippen LogP contribution in [-0.4, -0.2) is 41.2 Å². The third kappa shape index (κ3) is 13.7. The summed E-state index contributed by atoms with van der Waals surface area (Å²) in [6.07, 6.45) is 0. The van der Waals surface area contributed by atoms with E-state index in [1.165, 1.54) is 60.9 Å². The highest BCUT2D eigenvalue weighted by Gasteiger charge is 2.44. The molecule has 0 aliphatic carbocycles. The molecule has 117 heavy (non-hydrogen) atoms. The summed E-state index contributed by atoms with van der Waals surface area (Å²) in [6.45, 7) is 30.0. The number of anilines is 6. The van der Waals surface area contributed by atoms with E-state index >= 15 is 0 Å². The Balaban J connectivity index is 0.890. The number of fused-ring (bicyclic) bond motifs is 7. The predicted octanol–water partition coefficient (Wildman–Crippen LogP) is 25.7. The third-order valence-corrected chi connectivity index (χ3v) is 23.5. The fourth-order valence-corrected chi connectivity index (χ4v) is 17.0. The Kier molecular flexibility index (Phi) is 18.0. The highest BCUT2D eigenvalue weighted by molar-refractivity contribution is 7.00. The average Bonchev–Trinajstić information content (AvgIpc) is 1.17. The smallest absolute Gasteiger partial charge is 0.252 e. The van der Waals surface area contributed by atoms with Gasteiger partial charge < -0.3 is 14.4 Å². The second-order valence-corrected chi connectivity index (χ2v) is 35.7. The lowest BCUT2D eigenvalue weighted by Crippen LogP contribution is -2.61. The molecular formula is C107H92BN9. The fourth-order valence-electron chi connectivity index (χ4n) is 17.0. The van der Waals surface area contributed by atoms with Crippen LogP contribution in [0.4, 0.5) is 34.1 Å². The van der Waals surface area contributed by atoms with E-state index in [4.69, 9.17) is 29.9 Å². The van der Waals surface area contributed by atoms with Crippen molar-refractivity contribution in [3.05, 3.63) is 349 Å². The Hall–Kier alpha value is -13.4. The molecule has 3 aromatic heterocycles. The topological polar surface area (TPSA) is 88.8 Å². The number of aromatic nitrogens is 7. The standard InChI is InChI=1S/C107H92BN9/c1-67-44-51-92(87(54-67)103-113-100(70-36-24-16-25-37-70)110-101(114-103)71-38-26-17-27-39-71)117-90-52-47-72(59-85(90)86-60-75(48-53-91(86)117)102-111-98(68-32-20-14-21-33-68)109-99(112-102)69-34-22-15-23-35-69)78-63-95-97-96(64-78)116(84-42-30-19-31-43-84)94-62-74(77-57-81(106(8,9)10)66-82(58-77)107(11,12)13)46-50-89(94)108(97)88-49-45-73(61-93(88)115(95)83-40-28-18-29-41-83)76-55-79(104(2,3)4)65-80(56-76)105(5,6)7/h14-66H,1-13H3. The molecule has 19 rings (SSSR count). The second-order valence-electron chi connectivity index (χ2n) is 35.7. The van der Waals surface area contributed by atoms with Crippen molar-refractivity contribution in [1.29, 1.82) is 0 Å². The van der Waals surface area contributed by atoms with Crippen molar-refractivity contribution in [1.82, 2.24) is 34.5 Å². The van der Waals surface area contributed by atoms with Gasteiger partial charge in [0.1, 0.15) is 0 Å². The lowest BCUT2D eigenvalue weighted by molar-refractivity contribution is 0.568. The van der Waals surface area contributed by atoms with Gasteiger partial charge in [0.15, 0.2) is 34.9 Å². The monoisotopic (exact) mass is 1510 g/mol. The number of aryl methyl sites for hydroxylation is 1. The Labute approximate surface area is 687 Å². The highest BCUT2D eigenvalue weighted by atomic mass is 15.2. The molecular weight excluding hydrogens is 1420 g/mol. The van der Waals surface area contributed by atoms with Gasteiger partial charge in [0.25, 0.3) is 6.71 Å².